The van der Waals surface area contributed by atoms with E-state index in [0.717, 1.165) is 10.8 Å². The molecule has 1 aromatic heterocycles. The van der Waals surface area contributed by atoms with Crippen molar-refractivity contribution in [1.29, 1.82) is 0 Å². The van der Waals surface area contributed by atoms with Crippen LogP contribution in [0, 0.1) is 6.92 Å². The number of carbonyl (C=O) groups is 1. The van der Waals surface area contributed by atoms with Crippen LogP contribution in [0.5, 0.6) is 0 Å². The lowest BCUT2D eigenvalue weighted by Gasteiger charge is -2.05. The lowest BCUT2D eigenvalue weighted by Crippen LogP contribution is -2.07. The van der Waals surface area contributed by atoms with Gasteiger partial charge in [-0.15, -0.1) is 0 Å². The molecule has 0 aliphatic heterocycles. The van der Waals surface area contributed by atoms with E-state index in [2.05, 4.69) is 4.98 Å². The van der Waals surface area contributed by atoms with E-state index in [1.807, 2.05) is 25.9 Å². The summed E-state index contributed by atoms with van der Waals surface area (Å²) in [5.74, 6) is -0.00176. The fourth-order valence-corrected chi connectivity index (χ4v) is 2.50. The standard InChI is InChI=1S/C13H15N3OS/c1-8-12(18-13(15-8)16(2)3)11(17)9-4-6-10(14)7-5-9/h4-7H,14H2,1-3H3. The molecule has 0 bridgehead atoms. The van der Waals surface area contributed by atoms with Crippen LogP contribution < -0.4 is 10.6 Å². The summed E-state index contributed by atoms with van der Waals surface area (Å²) in [5.41, 5.74) is 7.67. The fourth-order valence-electron chi connectivity index (χ4n) is 1.55. The first-order valence-corrected chi connectivity index (χ1v) is 6.35. The molecule has 1 aromatic carbocycles. The highest BCUT2D eigenvalue weighted by Gasteiger charge is 2.17. The molecule has 0 spiro atoms. The first-order valence-electron chi connectivity index (χ1n) is 5.54. The Labute approximate surface area is 110 Å². The van der Waals surface area contributed by atoms with Gasteiger partial charge in [-0.25, -0.2) is 4.98 Å². The van der Waals surface area contributed by atoms with Gasteiger partial charge in [-0.2, -0.15) is 0 Å². The second kappa shape index (κ2) is 4.78. The second-order valence-electron chi connectivity index (χ2n) is 4.26. The maximum atomic E-state index is 12.3. The van der Waals surface area contributed by atoms with Crippen molar-refractivity contribution < 1.29 is 4.79 Å². The molecule has 5 heteroatoms. The molecule has 4 nitrogen and oxygen atoms in total. The summed E-state index contributed by atoms with van der Waals surface area (Å²) < 4.78 is 0. The molecule has 0 fully saturated rings. The van der Waals surface area contributed by atoms with Gasteiger partial charge in [0, 0.05) is 25.3 Å². The van der Waals surface area contributed by atoms with Crippen LogP contribution >= 0.6 is 11.3 Å². The largest absolute Gasteiger partial charge is 0.399 e. The molecule has 18 heavy (non-hydrogen) atoms. The quantitative estimate of drug-likeness (QED) is 0.680. The summed E-state index contributed by atoms with van der Waals surface area (Å²) in [7, 11) is 3.82. The number of nitrogens with zero attached hydrogens (tertiary/aromatic N) is 2. The van der Waals surface area contributed by atoms with Crippen LogP contribution in [0.2, 0.25) is 0 Å². The summed E-state index contributed by atoms with van der Waals surface area (Å²) in [5, 5.41) is 0.839. The highest BCUT2D eigenvalue weighted by atomic mass is 32.1. The van der Waals surface area contributed by atoms with Gasteiger partial charge in [0.1, 0.15) is 0 Å². The number of ketones is 1. The molecule has 0 atom stereocenters. The first kappa shape index (κ1) is 12.6. The molecule has 0 aliphatic carbocycles. The van der Waals surface area contributed by atoms with Gasteiger partial charge in [0.15, 0.2) is 5.13 Å². The molecule has 2 rings (SSSR count). The molecule has 2 N–H and O–H groups in total. The average Bonchev–Trinajstić information content (AvgIpc) is 2.71. The van der Waals surface area contributed by atoms with Crippen molar-refractivity contribution in [2.45, 2.75) is 6.92 Å². The molecule has 0 unspecified atom stereocenters. The van der Waals surface area contributed by atoms with Crippen LogP contribution in [0.25, 0.3) is 0 Å². The zero-order valence-corrected chi connectivity index (χ0v) is 11.4. The van der Waals surface area contributed by atoms with E-state index in [1.165, 1.54) is 11.3 Å². The minimum absolute atomic E-state index is 0.00176. The SMILES string of the molecule is Cc1nc(N(C)C)sc1C(=O)c1ccc(N)cc1. The van der Waals surface area contributed by atoms with E-state index >= 15 is 0 Å². The van der Waals surface area contributed by atoms with Crippen molar-refractivity contribution in [2.75, 3.05) is 24.7 Å². The molecular formula is C13H15N3OS. The van der Waals surface area contributed by atoms with E-state index in [0.29, 0.717) is 16.1 Å². The van der Waals surface area contributed by atoms with Crippen molar-refractivity contribution in [1.82, 2.24) is 4.98 Å². The molecule has 0 radical (unpaired) electrons. The third kappa shape index (κ3) is 2.36. The molecule has 2 aromatic rings. The van der Waals surface area contributed by atoms with Crippen LogP contribution in [0.15, 0.2) is 24.3 Å². The Morgan fingerprint density at radius 2 is 1.89 bits per heavy atom. The maximum absolute atomic E-state index is 12.3. The van der Waals surface area contributed by atoms with Crippen molar-refractivity contribution in [3.05, 3.63) is 40.4 Å². The Balaban J connectivity index is 2.36. The zero-order chi connectivity index (χ0) is 13.3. The summed E-state index contributed by atoms with van der Waals surface area (Å²) >= 11 is 1.41. The number of rotatable bonds is 3. The minimum atomic E-state index is -0.00176. The monoisotopic (exact) mass is 261 g/mol. The fraction of sp³-hybridized carbons (Fsp3) is 0.231. The molecule has 94 valence electrons. The molecular weight excluding hydrogens is 246 g/mol. The number of hydrogen-bond donors (Lipinski definition) is 1. The van der Waals surface area contributed by atoms with E-state index < -0.39 is 0 Å². The van der Waals surface area contributed by atoms with Crippen LogP contribution in [0.4, 0.5) is 10.8 Å². The van der Waals surface area contributed by atoms with Crippen molar-refractivity contribution in [3.8, 4) is 0 Å². The lowest BCUT2D eigenvalue weighted by atomic mass is 10.1. The predicted octanol–water partition coefficient (Wildman–Crippen LogP) is 2.33. The van der Waals surface area contributed by atoms with Gasteiger partial charge in [-0.05, 0) is 31.2 Å². The molecule has 0 saturated heterocycles. The number of anilines is 2. The Bertz CT molecular complexity index is 572. The predicted molar refractivity (Wildman–Crippen MR) is 75.5 cm³/mol. The van der Waals surface area contributed by atoms with E-state index in [9.17, 15) is 4.79 Å². The van der Waals surface area contributed by atoms with Crippen LogP contribution in [-0.2, 0) is 0 Å². The van der Waals surface area contributed by atoms with E-state index in [1.54, 1.807) is 24.3 Å². The Morgan fingerprint density at radius 1 is 1.28 bits per heavy atom. The Kier molecular flexibility index (Phi) is 3.34. The number of nitrogens with two attached hydrogens (primary N) is 1. The number of hydrogen-bond acceptors (Lipinski definition) is 5. The number of carbonyl (C=O) groups excluding carboxylic acids is 1. The van der Waals surface area contributed by atoms with Gasteiger partial charge in [-0.3, -0.25) is 4.79 Å². The molecule has 0 amide bonds. The van der Waals surface area contributed by atoms with Gasteiger partial charge in [-0.1, -0.05) is 11.3 Å². The summed E-state index contributed by atoms with van der Waals surface area (Å²) in [6.45, 7) is 1.86. The number of thiazole rings is 1. The van der Waals surface area contributed by atoms with Crippen LogP contribution in [0.1, 0.15) is 20.9 Å². The number of aromatic nitrogens is 1. The molecule has 0 aliphatic rings. The van der Waals surface area contributed by atoms with Crippen LogP contribution in [-0.4, -0.2) is 24.9 Å². The topological polar surface area (TPSA) is 59.2 Å². The van der Waals surface area contributed by atoms with Crippen molar-refractivity contribution in [2.24, 2.45) is 0 Å². The van der Waals surface area contributed by atoms with Gasteiger partial charge >= 0.3 is 0 Å². The normalized spacial score (nSPS) is 10.4. The van der Waals surface area contributed by atoms with E-state index in [4.69, 9.17) is 5.73 Å². The molecule has 0 saturated carbocycles. The maximum Gasteiger partial charge on any atom is 0.204 e. The van der Waals surface area contributed by atoms with Gasteiger partial charge in [0.25, 0.3) is 0 Å². The first-order chi connectivity index (χ1) is 8.49. The Hall–Kier alpha value is -1.88. The number of aryl methyl sites for hydroxylation is 1. The smallest absolute Gasteiger partial charge is 0.204 e. The third-order valence-corrected chi connectivity index (χ3v) is 3.87. The summed E-state index contributed by atoms with van der Waals surface area (Å²) in [6.07, 6.45) is 0. The average molecular weight is 261 g/mol. The van der Waals surface area contributed by atoms with Gasteiger partial charge in [0.05, 0.1) is 10.6 Å². The van der Waals surface area contributed by atoms with Crippen molar-refractivity contribution in [3.63, 3.8) is 0 Å². The number of nitrogen functional groups attached to an aromatic ring is 1. The number of benzene rings is 1. The Morgan fingerprint density at radius 3 is 2.39 bits per heavy atom. The highest BCUT2D eigenvalue weighted by molar-refractivity contribution is 7.17. The lowest BCUT2D eigenvalue weighted by molar-refractivity contribution is 0.104. The van der Waals surface area contributed by atoms with Gasteiger partial charge < -0.3 is 10.6 Å². The summed E-state index contributed by atoms with van der Waals surface area (Å²) in [4.78, 5) is 19.3. The summed E-state index contributed by atoms with van der Waals surface area (Å²) in [6, 6.07) is 6.95. The zero-order valence-electron chi connectivity index (χ0n) is 10.6. The third-order valence-electron chi connectivity index (χ3n) is 2.55. The van der Waals surface area contributed by atoms with Crippen molar-refractivity contribution >= 4 is 27.9 Å². The van der Waals surface area contributed by atoms with E-state index in [-0.39, 0.29) is 5.78 Å². The second-order valence-corrected chi connectivity index (χ2v) is 5.23. The van der Waals surface area contributed by atoms with Crippen LogP contribution in [0.3, 0.4) is 0 Å². The highest BCUT2D eigenvalue weighted by Crippen LogP contribution is 2.26. The van der Waals surface area contributed by atoms with Gasteiger partial charge in [0.2, 0.25) is 5.78 Å². The molecule has 1 heterocycles. The minimum Gasteiger partial charge on any atom is -0.399 e.